The first-order valence-electron chi connectivity index (χ1n) is 9.75. The van der Waals surface area contributed by atoms with Crippen LogP contribution in [0.2, 0.25) is 0 Å². The van der Waals surface area contributed by atoms with Crippen LogP contribution in [0.25, 0.3) is 0 Å². The molecule has 1 aliphatic carbocycles. The van der Waals surface area contributed by atoms with Gasteiger partial charge in [0.05, 0.1) is 0 Å². The van der Waals surface area contributed by atoms with E-state index >= 15 is 0 Å². The number of rotatable bonds is 6. The third kappa shape index (κ3) is 5.08. The molecule has 0 bridgehead atoms. The molecular formula is C20H37NO. The van der Waals surface area contributed by atoms with Gasteiger partial charge in [-0.2, -0.15) is 0 Å². The highest BCUT2D eigenvalue weighted by Crippen LogP contribution is 2.35. The summed E-state index contributed by atoms with van der Waals surface area (Å²) in [4.78, 5) is 14.7. The molecule has 1 aliphatic heterocycles. The molecule has 0 radical (unpaired) electrons. The van der Waals surface area contributed by atoms with Crippen molar-refractivity contribution in [2.45, 2.75) is 85.1 Å². The average molecular weight is 308 g/mol. The Morgan fingerprint density at radius 3 is 1.82 bits per heavy atom. The molecule has 2 nitrogen and oxygen atoms in total. The fourth-order valence-corrected chi connectivity index (χ4v) is 4.44. The van der Waals surface area contributed by atoms with Crippen LogP contribution in [0, 0.1) is 23.7 Å². The molecule has 2 aliphatic rings. The lowest BCUT2D eigenvalue weighted by atomic mass is 9.75. The Balaban J connectivity index is 1.62. The predicted octanol–water partition coefficient (Wildman–Crippen LogP) is 4.92. The minimum absolute atomic E-state index is 0.229. The standard InChI is InChI=1S/C20H37NO/c1-15(2)20(22)19-9-7-17(8-10-19)5-6-18-11-13-21(14-12-18)16(3)4/h15-19H,5-14H2,1-4H3. The fraction of sp³-hybridized carbons (Fsp3) is 0.950. The summed E-state index contributed by atoms with van der Waals surface area (Å²) in [7, 11) is 0. The van der Waals surface area contributed by atoms with Gasteiger partial charge in [-0.3, -0.25) is 4.79 Å². The topological polar surface area (TPSA) is 20.3 Å². The Labute approximate surface area is 138 Å². The number of ketones is 1. The lowest BCUT2D eigenvalue weighted by Crippen LogP contribution is -2.38. The summed E-state index contributed by atoms with van der Waals surface area (Å²) < 4.78 is 0. The lowest BCUT2D eigenvalue weighted by molar-refractivity contribution is -0.127. The Hall–Kier alpha value is -0.370. The van der Waals surface area contributed by atoms with E-state index in [1.165, 1.54) is 51.6 Å². The first kappa shape index (κ1) is 18.0. The van der Waals surface area contributed by atoms with Crippen molar-refractivity contribution in [2.24, 2.45) is 23.7 Å². The van der Waals surface area contributed by atoms with Crippen molar-refractivity contribution >= 4 is 5.78 Å². The van der Waals surface area contributed by atoms with E-state index in [0.717, 1.165) is 30.7 Å². The van der Waals surface area contributed by atoms with E-state index < -0.39 is 0 Å². The van der Waals surface area contributed by atoms with Crippen LogP contribution in [0.4, 0.5) is 0 Å². The molecule has 1 heterocycles. The van der Waals surface area contributed by atoms with E-state index in [1.54, 1.807) is 0 Å². The number of carbonyl (C=O) groups is 1. The van der Waals surface area contributed by atoms with Crippen LogP contribution in [0.15, 0.2) is 0 Å². The molecular weight excluding hydrogens is 270 g/mol. The maximum Gasteiger partial charge on any atom is 0.138 e. The van der Waals surface area contributed by atoms with Crippen molar-refractivity contribution in [1.29, 1.82) is 0 Å². The van der Waals surface area contributed by atoms with Gasteiger partial charge >= 0.3 is 0 Å². The van der Waals surface area contributed by atoms with E-state index in [1.807, 2.05) is 0 Å². The molecule has 1 saturated heterocycles. The normalized spacial score (nSPS) is 28.5. The van der Waals surface area contributed by atoms with Crippen LogP contribution in [-0.2, 0) is 4.79 Å². The second-order valence-electron chi connectivity index (χ2n) is 8.43. The molecule has 1 saturated carbocycles. The van der Waals surface area contributed by atoms with Crippen molar-refractivity contribution in [1.82, 2.24) is 4.90 Å². The number of hydrogen-bond donors (Lipinski definition) is 0. The molecule has 2 rings (SSSR count). The van der Waals surface area contributed by atoms with Crippen LogP contribution in [0.1, 0.15) is 79.1 Å². The number of hydrogen-bond acceptors (Lipinski definition) is 2. The largest absolute Gasteiger partial charge is 0.301 e. The maximum absolute atomic E-state index is 12.1. The minimum Gasteiger partial charge on any atom is -0.301 e. The second kappa shape index (κ2) is 8.47. The molecule has 0 aromatic heterocycles. The third-order valence-electron chi connectivity index (χ3n) is 6.18. The predicted molar refractivity (Wildman–Crippen MR) is 94.0 cm³/mol. The summed E-state index contributed by atoms with van der Waals surface area (Å²) in [5.41, 5.74) is 0. The molecule has 0 aromatic carbocycles. The lowest BCUT2D eigenvalue weighted by Gasteiger charge is -2.35. The van der Waals surface area contributed by atoms with Gasteiger partial charge in [-0.05, 0) is 77.3 Å². The van der Waals surface area contributed by atoms with Gasteiger partial charge in [0.15, 0.2) is 0 Å². The van der Waals surface area contributed by atoms with Gasteiger partial charge in [-0.15, -0.1) is 0 Å². The number of nitrogens with zero attached hydrogens (tertiary/aromatic N) is 1. The van der Waals surface area contributed by atoms with E-state index in [4.69, 9.17) is 0 Å². The van der Waals surface area contributed by atoms with Gasteiger partial charge in [0.25, 0.3) is 0 Å². The molecule has 0 spiro atoms. The Kier molecular flexibility index (Phi) is 6.92. The quantitative estimate of drug-likeness (QED) is 0.694. The highest BCUT2D eigenvalue weighted by atomic mass is 16.1. The van der Waals surface area contributed by atoms with Crippen molar-refractivity contribution in [3.63, 3.8) is 0 Å². The van der Waals surface area contributed by atoms with Crippen LogP contribution in [0.5, 0.6) is 0 Å². The second-order valence-corrected chi connectivity index (χ2v) is 8.43. The van der Waals surface area contributed by atoms with E-state index in [0.29, 0.717) is 11.7 Å². The summed E-state index contributed by atoms with van der Waals surface area (Å²) in [5, 5.41) is 0. The van der Waals surface area contributed by atoms with Crippen molar-refractivity contribution in [3.05, 3.63) is 0 Å². The molecule has 2 fully saturated rings. The zero-order chi connectivity index (χ0) is 16.1. The van der Waals surface area contributed by atoms with Gasteiger partial charge in [0.1, 0.15) is 5.78 Å². The fourth-order valence-electron chi connectivity index (χ4n) is 4.44. The number of Topliss-reactive ketones (excluding diaryl/α,β-unsaturated/α-hetero) is 1. The minimum atomic E-state index is 0.229. The van der Waals surface area contributed by atoms with Gasteiger partial charge in [-0.1, -0.05) is 26.7 Å². The first-order valence-corrected chi connectivity index (χ1v) is 9.75. The molecule has 0 atom stereocenters. The maximum atomic E-state index is 12.1. The summed E-state index contributed by atoms with van der Waals surface area (Å²) >= 11 is 0. The van der Waals surface area contributed by atoms with E-state index in [9.17, 15) is 4.79 Å². The van der Waals surface area contributed by atoms with Crippen LogP contribution >= 0.6 is 0 Å². The molecule has 22 heavy (non-hydrogen) atoms. The van der Waals surface area contributed by atoms with Crippen molar-refractivity contribution in [3.8, 4) is 0 Å². The van der Waals surface area contributed by atoms with Crippen molar-refractivity contribution < 1.29 is 4.79 Å². The molecule has 128 valence electrons. The van der Waals surface area contributed by atoms with Crippen molar-refractivity contribution in [2.75, 3.05) is 13.1 Å². The van der Waals surface area contributed by atoms with Crippen LogP contribution in [0.3, 0.4) is 0 Å². The zero-order valence-corrected chi connectivity index (χ0v) is 15.3. The highest BCUT2D eigenvalue weighted by Gasteiger charge is 2.28. The number of likely N-dealkylation sites (tertiary alicyclic amines) is 1. The first-order chi connectivity index (χ1) is 10.5. The summed E-state index contributed by atoms with van der Waals surface area (Å²) in [5.74, 6) is 2.99. The van der Waals surface area contributed by atoms with Crippen LogP contribution in [-0.4, -0.2) is 29.8 Å². The molecule has 0 unspecified atom stereocenters. The monoisotopic (exact) mass is 307 g/mol. The number of carbonyl (C=O) groups excluding carboxylic acids is 1. The van der Waals surface area contributed by atoms with Gasteiger partial charge in [0.2, 0.25) is 0 Å². The average Bonchev–Trinajstić information content (AvgIpc) is 2.53. The molecule has 2 heteroatoms. The smallest absolute Gasteiger partial charge is 0.138 e. The SMILES string of the molecule is CC(C)C(=O)C1CCC(CCC2CCN(C(C)C)CC2)CC1. The van der Waals surface area contributed by atoms with Gasteiger partial charge in [-0.25, -0.2) is 0 Å². The summed E-state index contributed by atoms with van der Waals surface area (Å²) in [6.45, 7) is 11.3. The third-order valence-corrected chi connectivity index (χ3v) is 6.18. The summed E-state index contributed by atoms with van der Waals surface area (Å²) in [6.07, 6.45) is 10.6. The molecule has 0 N–H and O–H groups in total. The zero-order valence-electron chi connectivity index (χ0n) is 15.3. The van der Waals surface area contributed by atoms with Gasteiger partial charge in [0, 0.05) is 17.9 Å². The Morgan fingerprint density at radius 1 is 0.864 bits per heavy atom. The Morgan fingerprint density at radius 2 is 1.36 bits per heavy atom. The highest BCUT2D eigenvalue weighted by molar-refractivity contribution is 5.82. The van der Waals surface area contributed by atoms with E-state index in [-0.39, 0.29) is 5.92 Å². The van der Waals surface area contributed by atoms with Crippen LogP contribution < -0.4 is 0 Å². The Bertz CT molecular complexity index is 334. The molecule has 0 aromatic rings. The summed E-state index contributed by atoms with van der Waals surface area (Å²) in [6, 6.07) is 0.717. The van der Waals surface area contributed by atoms with Gasteiger partial charge < -0.3 is 4.90 Å². The van der Waals surface area contributed by atoms with E-state index in [2.05, 4.69) is 32.6 Å². The number of piperidine rings is 1. The molecule has 0 amide bonds.